The van der Waals surface area contributed by atoms with Gasteiger partial charge in [0.2, 0.25) is 0 Å². The van der Waals surface area contributed by atoms with E-state index in [0.717, 1.165) is 0 Å². The average molecular weight is 243 g/mol. The zero-order chi connectivity index (χ0) is 12.9. The second-order valence-corrected chi connectivity index (χ2v) is 6.32. The van der Waals surface area contributed by atoms with E-state index in [1.807, 2.05) is 0 Å². The van der Waals surface area contributed by atoms with E-state index < -0.39 is 0 Å². The Labute approximate surface area is 111 Å². The molecule has 2 heterocycles. The summed E-state index contributed by atoms with van der Waals surface area (Å²) in [4.78, 5) is 2.65. The van der Waals surface area contributed by atoms with Crippen molar-refractivity contribution in [2.45, 2.75) is 59.3 Å². The molecule has 98 valence electrons. The highest BCUT2D eigenvalue weighted by molar-refractivity contribution is 5.69. The Morgan fingerprint density at radius 2 is 1.39 bits per heavy atom. The normalized spacial score (nSPS) is 18.2. The lowest BCUT2D eigenvalue weighted by Crippen LogP contribution is -2.35. The minimum absolute atomic E-state index is 0.656. The molecule has 0 saturated heterocycles. The Kier molecular flexibility index (Phi) is 2.88. The summed E-state index contributed by atoms with van der Waals surface area (Å²) in [5.41, 5.74) is 9.79. The standard InChI is InChI=1S/C17H25N/c1-11(2)16-12(3)14-7-5-9-18-10-6-8-15(13(16)4)17(14)18/h11H,5-10H2,1-4H3. The third kappa shape index (κ3) is 1.60. The fourth-order valence-electron chi connectivity index (χ4n) is 4.23. The van der Waals surface area contributed by atoms with Gasteiger partial charge in [-0.05, 0) is 73.3 Å². The Hall–Kier alpha value is -0.980. The molecular formula is C17H25N. The number of rotatable bonds is 1. The van der Waals surface area contributed by atoms with Crippen molar-refractivity contribution in [2.75, 3.05) is 18.0 Å². The molecule has 2 aliphatic heterocycles. The maximum atomic E-state index is 2.65. The van der Waals surface area contributed by atoms with Crippen LogP contribution in [0.2, 0.25) is 0 Å². The summed E-state index contributed by atoms with van der Waals surface area (Å²) >= 11 is 0. The molecule has 1 aromatic rings. The molecule has 1 nitrogen and oxygen atoms in total. The molecule has 0 fully saturated rings. The maximum Gasteiger partial charge on any atom is 0.0436 e. The van der Waals surface area contributed by atoms with Crippen LogP contribution in [0, 0.1) is 13.8 Å². The van der Waals surface area contributed by atoms with Crippen molar-refractivity contribution in [2.24, 2.45) is 0 Å². The summed E-state index contributed by atoms with van der Waals surface area (Å²) in [5.74, 6) is 0.656. The van der Waals surface area contributed by atoms with Crippen molar-refractivity contribution in [1.82, 2.24) is 0 Å². The first kappa shape index (κ1) is 12.1. The molecule has 0 radical (unpaired) electrons. The number of nitrogens with zero attached hydrogens (tertiary/aromatic N) is 1. The quantitative estimate of drug-likeness (QED) is 0.717. The van der Waals surface area contributed by atoms with E-state index in [1.54, 1.807) is 33.5 Å². The summed E-state index contributed by atoms with van der Waals surface area (Å²) in [5, 5.41) is 0. The average Bonchev–Trinajstić information content (AvgIpc) is 2.35. The first-order valence-electron chi connectivity index (χ1n) is 7.51. The molecule has 0 spiro atoms. The third-order valence-corrected chi connectivity index (χ3v) is 4.89. The van der Waals surface area contributed by atoms with E-state index in [2.05, 4.69) is 32.6 Å². The monoisotopic (exact) mass is 243 g/mol. The van der Waals surface area contributed by atoms with Gasteiger partial charge < -0.3 is 4.90 Å². The van der Waals surface area contributed by atoms with Gasteiger partial charge in [0.15, 0.2) is 0 Å². The molecule has 1 heteroatoms. The highest BCUT2D eigenvalue weighted by atomic mass is 15.1. The molecule has 0 N–H and O–H groups in total. The largest absolute Gasteiger partial charge is 0.371 e. The van der Waals surface area contributed by atoms with Crippen LogP contribution in [0.4, 0.5) is 5.69 Å². The molecule has 3 rings (SSSR count). The predicted molar refractivity (Wildman–Crippen MR) is 78.9 cm³/mol. The molecule has 18 heavy (non-hydrogen) atoms. The van der Waals surface area contributed by atoms with Crippen molar-refractivity contribution in [3.8, 4) is 0 Å². The van der Waals surface area contributed by atoms with E-state index in [0.29, 0.717) is 5.92 Å². The van der Waals surface area contributed by atoms with Gasteiger partial charge in [-0.2, -0.15) is 0 Å². The second kappa shape index (κ2) is 4.29. The number of hydrogen-bond donors (Lipinski definition) is 0. The number of hydrogen-bond acceptors (Lipinski definition) is 1. The highest BCUT2D eigenvalue weighted by Crippen LogP contribution is 2.42. The highest BCUT2D eigenvalue weighted by Gasteiger charge is 2.28. The Balaban J connectivity index is 2.30. The van der Waals surface area contributed by atoms with Crippen LogP contribution in [0.25, 0.3) is 0 Å². The van der Waals surface area contributed by atoms with Gasteiger partial charge in [0.25, 0.3) is 0 Å². The van der Waals surface area contributed by atoms with Gasteiger partial charge in [-0.25, -0.2) is 0 Å². The Bertz CT molecular complexity index is 448. The molecule has 0 unspecified atom stereocenters. The first-order valence-corrected chi connectivity index (χ1v) is 7.51. The fourth-order valence-corrected chi connectivity index (χ4v) is 4.23. The van der Waals surface area contributed by atoms with E-state index in [4.69, 9.17) is 0 Å². The van der Waals surface area contributed by atoms with Gasteiger partial charge in [-0.3, -0.25) is 0 Å². The number of benzene rings is 1. The minimum Gasteiger partial charge on any atom is -0.371 e. The van der Waals surface area contributed by atoms with Crippen molar-refractivity contribution in [1.29, 1.82) is 0 Å². The van der Waals surface area contributed by atoms with Gasteiger partial charge in [0.05, 0.1) is 0 Å². The van der Waals surface area contributed by atoms with Gasteiger partial charge in [-0.15, -0.1) is 0 Å². The van der Waals surface area contributed by atoms with Crippen molar-refractivity contribution in [3.63, 3.8) is 0 Å². The maximum absolute atomic E-state index is 2.65. The molecule has 1 aromatic carbocycles. The molecule has 0 amide bonds. The molecule has 0 saturated carbocycles. The van der Waals surface area contributed by atoms with Crippen LogP contribution in [0.15, 0.2) is 0 Å². The zero-order valence-electron chi connectivity index (χ0n) is 12.3. The smallest absolute Gasteiger partial charge is 0.0436 e. The lowest BCUT2D eigenvalue weighted by atomic mass is 9.80. The topological polar surface area (TPSA) is 3.24 Å². The van der Waals surface area contributed by atoms with Crippen LogP contribution in [0.5, 0.6) is 0 Å². The molecule has 0 atom stereocenters. The SMILES string of the molecule is Cc1c2c3c(c(C)c1C(C)C)CCCN3CCC2. The van der Waals surface area contributed by atoms with Gasteiger partial charge >= 0.3 is 0 Å². The third-order valence-electron chi connectivity index (χ3n) is 4.89. The second-order valence-electron chi connectivity index (χ2n) is 6.32. The van der Waals surface area contributed by atoms with Crippen molar-refractivity contribution in [3.05, 3.63) is 27.8 Å². The van der Waals surface area contributed by atoms with Crippen LogP contribution in [-0.4, -0.2) is 13.1 Å². The van der Waals surface area contributed by atoms with Crippen LogP contribution >= 0.6 is 0 Å². The Morgan fingerprint density at radius 1 is 0.889 bits per heavy atom. The molecule has 0 aromatic heterocycles. The van der Waals surface area contributed by atoms with Crippen LogP contribution in [0.1, 0.15) is 60.4 Å². The van der Waals surface area contributed by atoms with Crippen LogP contribution in [-0.2, 0) is 12.8 Å². The first-order chi connectivity index (χ1) is 8.61. The van der Waals surface area contributed by atoms with E-state index in [-0.39, 0.29) is 0 Å². The summed E-state index contributed by atoms with van der Waals surface area (Å²) < 4.78 is 0. The van der Waals surface area contributed by atoms with Crippen LogP contribution in [0.3, 0.4) is 0 Å². The zero-order valence-corrected chi connectivity index (χ0v) is 12.3. The lowest BCUT2D eigenvalue weighted by Gasteiger charge is -2.40. The molecule has 0 aliphatic carbocycles. The van der Waals surface area contributed by atoms with Gasteiger partial charge in [-0.1, -0.05) is 13.8 Å². The summed E-state index contributed by atoms with van der Waals surface area (Å²) in [6.07, 6.45) is 5.27. The lowest BCUT2D eigenvalue weighted by molar-refractivity contribution is 0.626. The minimum atomic E-state index is 0.656. The summed E-state index contributed by atoms with van der Waals surface area (Å²) in [6, 6.07) is 0. The summed E-state index contributed by atoms with van der Waals surface area (Å²) in [7, 11) is 0. The van der Waals surface area contributed by atoms with E-state index in [1.165, 1.54) is 38.8 Å². The Morgan fingerprint density at radius 3 is 1.83 bits per heavy atom. The molecule has 2 aliphatic rings. The van der Waals surface area contributed by atoms with E-state index >= 15 is 0 Å². The summed E-state index contributed by atoms with van der Waals surface area (Å²) in [6.45, 7) is 12.0. The molecule has 0 bridgehead atoms. The molecular weight excluding hydrogens is 218 g/mol. The fraction of sp³-hybridized carbons (Fsp3) is 0.647. The van der Waals surface area contributed by atoms with Gasteiger partial charge in [0, 0.05) is 18.8 Å². The number of anilines is 1. The van der Waals surface area contributed by atoms with Crippen molar-refractivity contribution >= 4 is 5.69 Å². The van der Waals surface area contributed by atoms with Crippen LogP contribution < -0.4 is 4.90 Å². The van der Waals surface area contributed by atoms with Crippen molar-refractivity contribution < 1.29 is 0 Å². The van der Waals surface area contributed by atoms with E-state index in [9.17, 15) is 0 Å². The predicted octanol–water partition coefficient (Wildman–Crippen LogP) is 4.13. The van der Waals surface area contributed by atoms with Gasteiger partial charge in [0.1, 0.15) is 0 Å².